The number of ether oxygens (including phenoxy) is 2. The SMILES string of the molecule is C/C=C\C(=C/C)Nc1nccc(-c2ccc(OCC(C)(C)C(=O)OC)c(C#N)c2)n1. The fourth-order valence-corrected chi connectivity index (χ4v) is 2.59. The Morgan fingerprint density at radius 2 is 2.07 bits per heavy atom. The predicted molar refractivity (Wildman–Crippen MR) is 116 cm³/mol. The molecule has 0 spiro atoms. The van der Waals surface area contributed by atoms with Gasteiger partial charge in [-0.15, -0.1) is 0 Å². The zero-order chi connectivity index (χ0) is 22.1. The molecule has 0 aliphatic carbocycles. The summed E-state index contributed by atoms with van der Waals surface area (Å²) in [6, 6.07) is 9.13. The van der Waals surface area contributed by atoms with Crippen molar-refractivity contribution < 1.29 is 14.3 Å². The van der Waals surface area contributed by atoms with Crippen LogP contribution >= 0.6 is 0 Å². The van der Waals surface area contributed by atoms with Gasteiger partial charge in [0.15, 0.2) is 0 Å². The Labute approximate surface area is 177 Å². The van der Waals surface area contributed by atoms with Gasteiger partial charge in [-0.1, -0.05) is 12.2 Å². The number of nitrogens with zero attached hydrogens (tertiary/aromatic N) is 3. The molecule has 156 valence electrons. The topological polar surface area (TPSA) is 97.1 Å². The third-order valence-electron chi connectivity index (χ3n) is 4.29. The molecule has 0 fully saturated rings. The standard InChI is InChI=1S/C23H26N4O3/c1-6-8-18(7-2)26-22-25-12-11-19(27-22)16-9-10-20(17(13-16)14-24)30-15-23(3,4)21(28)29-5/h6-13H,15H2,1-5H3,(H,25,26,27)/b8-6-,18-7+. The Balaban J connectivity index is 2.25. The third-order valence-corrected chi connectivity index (χ3v) is 4.29. The van der Waals surface area contributed by atoms with Crippen molar-refractivity contribution in [2.75, 3.05) is 19.0 Å². The van der Waals surface area contributed by atoms with Crippen molar-refractivity contribution in [1.82, 2.24) is 9.97 Å². The van der Waals surface area contributed by atoms with Crippen molar-refractivity contribution >= 4 is 11.9 Å². The summed E-state index contributed by atoms with van der Waals surface area (Å²) in [5, 5.41) is 12.7. The lowest BCUT2D eigenvalue weighted by molar-refractivity contribution is -0.152. The number of rotatable bonds is 8. The minimum Gasteiger partial charge on any atom is -0.491 e. The molecule has 1 aromatic carbocycles. The second kappa shape index (κ2) is 10.2. The van der Waals surface area contributed by atoms with E-state index in [-0.39, 0.29) is 12.6 Å². The van der Waals surface area contributed by atoms with E-state index in [1.54, 1.807) is 38.2 Å². The van der Waals surface area contributed by atoms with Crippen molar-refractivity contribution in [2.24, 2.45) is 5.41 Å². The van der Waals surface area contributed by atoms with Crippen molar-refractivity contribution in [3.63, 3.8) is 0 Å². The van der Waals surface area contributed by atoms with Gasteiger partial charge in [-0.2, -0.15) is 5.26 Å². The molecular weight excluding hydrogens is 380 g/mol. The quantitative estimate of drug-likeness (QED) is 0.510. The number of allylic oxidation sites excluding steroid dienone is 3. The van der Waals surface area contributed by atoms with E-state index in [0.29, 0.717) is 23.0 Å². The number of carbonyl (C=O) groups excluding carboxylic acids is 1. The first kappa shape index (κ1) is 22.6. The highest BCUT2D eigenvalue weighted by Gasteiger charge is 2.30. The zero-order valence-electron chi connectivity index (χ0n) is 17.9. The Bertz CT molecular complexity index is 1000. The maximum absolute atomic E-state index is 11.8. The Hall–Kier alpha value is -3.66. The maximum Gasteiger partial charge on any atom is 0.314 e. The normalized spacial score (nSPS) is 11.8. The highest BCUT2D eigenvalue weighted by atomic mass is 16.5. The molecule has 0 saturated carbocycles. The zero-order valence-corrected chi connectivity index (χ0v) is 17.9. The lowest BCUT2D eigenvalue weighted by atomic mass is 9.95. The van der Waals surface area contributed by atoms with Gasteiger partial charge in [-0.3, -0.25) is 4.79 Å². The van der Waals surface area contributed by atoms with Crippen LogP contribution in [0.2, 0.25) is 0 Å². The number of benzene rings is 1. The summed E-state index contributed by atoms with van der Waals surface area (Å²) < 4.78 is 10.5. The average molecular weight is 406 g/mol. The molecule has 2 rings (SSSR count). The van der Waals surface area contributed by atoms with E-state index >= 15 is 0 Å². The lowest BCUT2D eigenvalue weighted by Crippen LogP contribution is -2.32. The number of esters is 1. The molecule has 1 heterocycles. The number of nitrogens with one attached hydrogen (secondary N) is 1. The van der Waals surface area contributed by atoms with E-state index in [0.717, 1.165) is 11.3 Å². The van der Waals surface area contributed by atoms with Crippen molar-refractivity contribution in [3.8, 4) is 23.1 Å². The molecule has 7 heteroatoms. The van der Waals surface area contributed by atoms with Gasteiger partial charge in [0.25, 0.3) is 0 Å². The molecule has 0 aliphatic rings. The van der Waals surface area contributed by atoms with Crippen LogP contribution in [0, 0.1) is 16.7 Å². The number of hydrogen-bond donors (Lipinski definition) is 1. The number of carbonyl (C=O) groups is 1. The molecule has 0 amide bonds. The summed E-state index contributed by atoms with van der Waals surface area (Å²) in [6.07, 6.45) is 7.42. The Morgan fingerprint density at radius 1 is 1.30 bits per heavy atom. The summed E-state index contributed by atoms with van der Waals surface area (Å²) in [6.45, 7) is 7.39. The molecule has 0 aliphatic heterocycles. The maximum atomic E-state index is 11.8. The van der Waals surface area contributed by atoms with Gasteiger partial charge in [0, 0.05) is 17.5 Å². The first-order valence-electron chi connectivity index (χ1n) is 9.49. The first-order chi connectivity index (χ1) is 14.3. The van der Waals surface area contributed by atoms with Gasteiger partial charge in [-0.05, 0) is 58.0 Å². The molecule has 0 atom stereocenters. The highest BCUT2D eigenvalue weighted by Crippen LogP contribution is 2.28. The van der Waals surface area contributed by atoms with Crippen LogP contribution in [0.1, 0.15) is 33.3 Å². The minimum absolute atomic E-state index is 0.0896. The highest BCUT2D eigenvalue weighted by molar-refractivity contribution is 5.76. The fourth-order valence-electron chi connectivity index (χ4n) is 2.59. The van der Waals surface area contributed by atoms with Crippen LogP contribution < -0.4 is 10.1 Å². The van der Waals surface area contributed by atoms with Crippen LogP contribution in [0.4, 0.5) is 5.95 Å². The molecule has 1 N–H and O–H groups in total. The Kier molecular flexibility index (Phi) is 7.70. The minimum atomic E-state index is -0.829. The van der Waals surface area contributed by atoms with Gasteiger partial charge in [-0.25, -0.2) is 9.97 Å². The Morgan fingerprint density at radius 3 is 2.70 bits per heavy atom. The number of aromatic nitrogens is 2. The molecule has 0 unspecified atom stereocenters. The van der Waals surface area contributed by atoms with Crippen LogP contribution in [0.3, 0.4) is 0 Å². The molecule has 2 aromatic rings. The average Bonchev–Trinajstić information content (AvgIpc) is 2.76. The second-order valence-electron chi connectivity index (χ2n) is 7.12. The van der Waals surface area contributed by atoms with E-state index in [2.05, 4.69) is 21.4 Å². The van der Waals surface area contributed by atoms with Gasteiger partial charge < -0.3 is 14.8 Å². The number of hydrogen-bond acceptors (Lipinski definition) is 7. The smallest absolute Gasteiger partial charge is 0.314 e. The van der Waals surface area contributed by atoms with Crippen LogP contribution in [0.15, 0.2) is 54.4 Å². The molecule has 0 saturated heterocycles. The number of nitriles is 1. The summed E-state index contributed by atoms with van der Waals surface area (Å²) in [7, 11) is 1.34. The van der Waals surface area contributed by atoms with Crippen LogP contribution in [0.25, 0.3) is 11.3 Å². The van der Waals surface area contributed by atoms with Crippen LogP contribution in [-0.2, 0) is 9.53 Å². The third kappa shape index (κ3) is 5.67. The van der Waals surface area contributed by atoms with Crippen molar-refractivity contribution in [2.45, 2.75) is 27.7 Å². The van der Waals surface area contributed by atoms with Crippen molar-refractivity contribution in [1.29, 1.82) is 5.26 Å². The van der Waals surface area contributed by atoms with E-state index < -0.39 is 5.41 Å². The van der Waals surface area contributed by atoms with Gasteiger partial charge in [0.1, 0.15) is 18.4 Å². The number of anilines is 1. The van der Waals surface area contributed by atoms with Gasteiger partial charge in [0.05, 0.1) is 23.8 Å². The molecule has 0 bridgehead atoms. The van der Waals surface area contributed by atoms with Crippen LogP contribution in [-0.4, -0.2) is 29.7 Å². The fraction of sp³-hybridized carbons (Fsp3) is 0.304. The molecular formula is C23H26N4O3. The summed E-state index contributed by atoms with van der Waals surface area (Å²) in [4.78, 5) is 20.6. The molecule has 30 heavy (non-hydrogen) atoms. The first-order valence-corrected chi connectivity index (χ1v) is 9.49. The summed E-state index contributed by atoms with van der Waals surface area (Å²) >= 11 is 0. The van der Waals surface area contributed by atoms with E-state index in [4.69, 9.17) is 9.47 Å². The summed E-state index contributed by atoms with van der Waals surface area (Å²) in [5.74, 6) is 0.476. The molecule has 1 aromatic heterocycles. The monoisotopic (exact) mass is 406 g/mol. The second-order valence-corrected chi connectivity index (χ2v) is 7.12. The van der Waals surface area contributed by atoms with Crippen molar-refractivity contribution in [3.05, 3.63) is 60.0 Å². The van der Waals surface area contributed by atoms with Gasteiger partial charge >= 0.3 is 5.97 Å². The molecule has 7 nitrogen and oxygen atoms in total. The predicted octanol–water partition coefficient (Wildman–Crippen LogP) is 4.49. The van der Waals surface area contributed by atoms with Gasteiger partial charge in [0.2, 0.25) is 5.95 Å². The van der Waals surface area contributed by atoms with E-state index in [9.17, 15) is 10.1 Å². The summed E-state index contributed by atoms with van der Waals surface area (Å²) in [5.41, 5.74) is 1.82. The molecule has 0 radical (unpaired) electrons. The number of methoxy groups -OCH3 is 1. The lowest BCUT2D eigenvalue weighted by Gasteiger charge is -2.22. The van der Waals surface area contributed by atoms with E-state index in [1.807, 2.05) is 38.1 Å². The van der Waals surface area contributed by atoms with Crippen LogP contribution in [0.5, 0.6) is 5.75 Å². The largest absolute Gasteiger partial charge is 0.491 e. The van der Waals surface area contributed by atoms with E-state index in [1.165, 1.54) is 7.11 Å².